The Kier molecular flexibility index (Phi) is 3.76. The van der Waals surface area contributed by atoms with Gasteiger partial charge in [-0.05, 0) is 33.8 Å². The van der Waals surface area contributed by atoms with Gasteiger partial charge >= 0.3 is 7.12 Å². The molecule has 2 nitrogen and oxygen atoms in total. The van der Waals surface area contributed by atoms with Crippen LogP contribution in [0.15, 0.2) is 10.5 Å². The Morgan fingerprint density at radius 1 is 1.16 bits per heavy atom. The van der Waals surface area contributed by atoms with Crippen LogP contribution in [0.5, 0.6) is 0 Å². The molecule has 1 aliphatic heterocycles. The zero-order valence-corrected chi connectivity index (χ0v) is 13.3. The van der Waals surface area contributed by atoms with Crippen LogP contribution in [0.25, 0.3) is 0 Å². The molecule has 0 saturated carbocycles. The summed E-state index contributed by atoms with van der Waals surface area (Å²) in [4.78, 5) is 0. The fraction of sp³-hybridized carbons (Fsp3) is 0.500. The van der Waals surface area contributed by atoms with Gasteiger partial charge in [-0.15, -0.1) is 0 Å². The van der Waals surface area contributed by atoms with Gasteiger partial charge in [-0.25, -0.2) is 8.78 Å². The van der Waals surface area contributed by atoms with E-state index < -0.39 is 35.0 Å². The lowest BCUT2D eigenvalue weighted by Gasteiger charge is -2.32. The summed E-state index contributed by atoms with van der Waals surface area (Å²) in [7, 11) is -0.933. The molecule has 1 aromatic rings. The van der Waals surface area contributed by atoms with Crippen LogP contribution >= 0.6 is 27.5 Å². The van der Waals surface area contributed by atoms with E-state index in [1.807, 2.05) is 27.7 Å². The SMILES string of the molecule is CC1(C)OB(c2c(Br)cc(F)c(Cl)c2F)OC1(C)C. The van der Waals surface area contributed by atoms with Crippen LogP contribution in [-0.2, 0) is 9.31 Å². The van der Waals surface area contributed by atoms with Crippen LogP contribution in [0.2, 0.25) is 5.02 Å². The summed E-state index contributed by atoms with van der Waals surface area (Å²) in [6.45, 7) is 7.40. The first-order chi connectivity index (χ1) is 8.57. The number of halogens is 4. The van der Waals surface area contributed by atoms with E-state index >= 15 is 0 Å². The topological polar surface area (TPSA) is 18.5 Å². The standard InChI is InChI=1S/C12H13BBrClF2O2/c1-11(2)12(3,4)19-13(18-11)8-6(14)5-7(16)9(15)10(8)17/h5H,1-4H3. The van der Waals surface area contributed by atoms with Gasteiger partial charge in [0.2, 0.25) is 0 Å². The third-order valence-corrected chi connectivity index (χ3v) is 4.64. The summed E-state index contributed by atoms with van der Waals surface area (Å²) in [5.41, 5.74) is -1.14. The van der Waals surface area contributed by atoms with Gasteiger partial charge in [0.15, 0.2) is 0 Å². The van der Waals surface area contributed by atoms with Gasteiger partial charge in [0.1, 0.15) is 16.7 Å². The fourth-order valence-corrected chi connectivity index (χ4v) is 2.48. The van der Waals surface area contributed by atoms with Crippen molar-refractivity contribution in [3.05, 3.63) is 27.2 Å². The van der Waals surface area contributed by atoms with Gasteiger partial charge in [-0.2, -0.15) is 0 Å². The number of hydrogen-bond donors (Lipinski definition) is 0. The Balaban J connectivity index is 2.49. The van der Waals surface area contributed by atoms with E-state index in [-0.39, 0.29) is 9.94 Å². The van der Waals surface area contributed by atoms with Crippen molar-refractivity contribution < 1.29 is 18.1 Å². The highest BCUT2D eigenvalue weighted by atomic mass is 79.9. The van der Waals surface area contributed by atoms with Gasteiger partial charge < -0.3 is 9.31 Å². The van der Waals surface area contributed by atoms with Gasteiger partial charge in [0.05, 0.1) is 11.2 Å². The lowest BCUT2D eigenvalue weighted by molar-refractivity contribution is 0.00578. The van der Waals surface area contributed by atoms with Crippen LogP contribution in [0.3, 0.4) is 0 Å². The summed E-state index contributed by atoms with van der Waals surface area (Å²) in [6.07, 6.45) is 0. The molecule has 0 N–H and O–H groups in total. The zero-order valence-electron chi connectivity index (χ0n) is 11.0. The summed E-state index contributed by atoms with van der Waals surface area (Å²) in [5.74, 6) is -1.70. The second-order valence-electron chi connectivity index (χ2n) is 5.47. The largest absolute Gasteiger partial charge is 0.499 e. The normalized spacial score (nSPS) is 20.9. The molecule has 0 bridgehead atoms. The van der Waals surface area contributed by atoms with Gasteiger partial charge in [-0.1, -0.05) is 27.5 Å². The highest BCUT2D eigenvalue weighted by Crippen LogP contribution is 2.37. The van der Waals surface area contributed by atoms with E-state index in [9.17, 15) is 8.78 Å². The van der Waals surface area contributed by atoms with Crippen LogP contribution in [0.4, 0.5) is 8.78 Å². The predicted octanol–water partition coefficient (Wildman–Crippen LogP) is 3.68. The maximum atomic E-state index is 14.1. The maximum absolute atomic E-state index is 14.1. The Morgan fingerprint density at radius 2 is 1.63 bits per heavy atom. The van der Waals surface area contributed by atoms with Crippen molar-refractivity contribution in [1.29, 1.82) is 0 Å². The number of rotatable bonds is 1. The number of benzene rings is 1. The minimum absolute atomic E-state index is 0.0741. The highest BCUT2D eigenvalue weighted by Gasteiger charge is 2.53. The fourth-order valence-electron chi connectivity index (χ4n) is 1.76. The van der Waals surface area contributed by atoms with E-state index in [4.69, 9.17) is 20.9 Å². The van der Waals surface area contributed by atoms with Crippen molar-refractivity contribution in [2.45, 2.75) is 38.9 Å². The van der Waals surface area contributed by atoms with Gasteiger partial charge in [-0.3, -0.25) is 0 Å². The average Bonchev–Trinajstić information content (AvgIpc) is 2.44. The lowest BCUT2D eigenvalue weighted by Crippen LogP contribution is -2.41. The molecule has 1 fully saturated rings. The van der Waals surface area contributed by atoms with Crippen molar-refractivity contribution in [3.8, 4) is 0 Å². The molecule has 1 aromatic carbocycles. The summed E-state index contributed by atoms with van der Waals surface area (Å²) in [6, 6.07) is 1.10. The van der Waals surface area contributed by atoms with E-state index in [0.717, 1.165) is 6.07 Å². The smallest absolute Gasteiger partial charge is 0.399 e. The van der Waals surface area contributed by atoms with Crippen LogP contribution < -0.4 is 5.46 Å². The summed E-state index contributed by atoms with van der Waals surface area (Å²) < 4.78 is 39.1. The quantitative estimate of drug-likeness (QED) is 0.436. The Bertz CT molecular complexity index is 521. The third kappa shape index (κ3) is 2.44. The zero-order chi connectivity index (χ0) is 14.6. The van der Waals surface area contributed by atoms with E-state index in [1.165, 1.54) is 0 Å². The minimum Gasteiger partial charge on any atom is -0.399 e. The minimum atomic E-state index is -0.933. The molecule has 7 heteroatoms. The molecule has 1 heterocycles. The molecule has 0 amide bonds. The molecule has 0 aliphatic carbocycles. The van der Waals surface area contributed by atoms with Crippen LogP contribution in [0, 0.1) is 11.6 Å². The number of hydrogen-bond acceptors (Lipinski definition) is 2. The van der Waals surface area contributed by atoms with Gasteiger partial charge in [0.25, 0.3) is 0 Å². The predicted molar refractivity (Wildman–Crippen MR) is 74.8 cm³/mol. The molecule has 0 atom stereocenters. The first kappa shape index (κ1) is 15.2. The van der Waals surface area contributed by atoms with E-state index in [0.29, 0.717) is 0 Å². The molecule has 0 aromatic heterocycles. The first-order valence-corrected chi connectivity index (χ1v) is 6.92. The van der Waals surface area contributed by atoms with Crippen molar-refractivity contribution in [3.63, 3.8) is 0 Å². The summed E-state index contributed by atoms with van der Waals surface area (Å²) in [5, 5.41) is -0.562. The van der Waals surface area contributed by atoms with Crippen molar-refractivity contribution in [2.24, 2.45) is 0 Å². The maximum Gasteiger partial charge on any atom is 0.499 e. The van der Waals surface area contributed by atoms with Crippen LogP contribution in [-0.4, -0.2) is 18.3 Å². The monoisotopic (exact) mass is 352 g/mol. The van der Waals surface area contributed by atoms with E-state index in [2.05, 4.69) is 15.9 Å². The molecule has 1 saturated heterocycles. The molecular weight excluding hydrogens is 340 g/mol. The lowest BCUT2D eigenvalue weighted by atomic mass is 9.78. The molecule has 0 unspecified atom stereocenters. The Hall–Kier alpha value is -0.165. The first-order valence-electron chi connectivity index (χ1n) is 5.75. The Labute approximate surface area is 124 Å². The van der Waals surface area contributed by atoms with Crippen molar-refractivity contribution >= 4 is 40.1 Å². The van der Waals surface area contributed by atoms with Crippen LogP contribution in [0.1, 0.15) is 27.7 Å². The molecule has 2 rings (SSSR count). The second-order valence-corrected chi connectivity index (χ2v) is 6.70. The average molecular weight is 353 g/mol. The molecular formula is C12H13BBrClF2O2. The molecule has 1 aliphatic rings. The molecule has 0 spiro atoms. The Morgan fingerprint density at radius 3 is 2.11 bits per heavy atom. The van der Waals surface area contributed by atoms with E-state index in [1.54, 1.807) is 0 Å². The molecule has 0 radical (unpaired) electrons. The van der Waals surface area contributed by atoms with Crippen molar-refractivity contribution in [1.82, 2.24) is 0 Å². The summed E-state index contributed by atoms with van der Waals surface area (Å²) >= 11 is 8.71. The van der Waals surface area contributed by atoms with Crippen molar-refractivity contribution in [2.75, 3.05) is 0 Å². The second kappa shape index (κ2) is 4.69. The molecule has 104 valence electrons. The highest BCUT2D eigenvalue weighted by molar-refractivity contribution is 9.10. The molecule has 19 heavy (non-hydrogen) atoms. The van der Waals surface area contributed by atoms with Gasteiger partial charge in [0, 0.05) is 9.94 Å². The third-order valence-electron chi connectivity index (χ3n) is 3.64.